The van der Waals surface area contributed by atoms with Crippen molar-refractivity contribution < 1.29 is 9.84 Å². The summed E-state index contributed by atoms with van der Waals surface area (Å²) in [6.45, 7) is 5.85. The second kappa shape index (κ2) is 6.58. The Morgan fingerprint density at radius 2 is 2.00 bits per heavy atom. The van der Waals surface area contributed by atoms with Gasteiger partial charge in [-0.25, -0.2) is 0 Å². The summed E-state index contributed by atoms with van der Waals surface area (Å²) in [7, 11) is 3.75. The molecule has 0 heterocycles. The zero-order chi connectivity index (χ0) is 12.1. The average Bonchev–Trinajstić information content (AvgIpc) is 2.22. The SMILES string of the molecule is COCC(O)CN(C)C1CCC(C)C(C)C1. The molecule has 96 valence electrons. The number of ether oxygens (including phenoxy) is 1. The molecule has 3 nitrogen and oxygen atoms in total. The minimum atomic E-state index is -0.357. The molecule has 0 aliphatic heterocycles. The maximum atomic E-state index is 9.70. The molecule has 0 aromatic heterocycles. The lowest BCUT2D eigenvalue weighted by molar-refractivity contribution is 0.0236. The molecular weight excluding hydrogens is 202 g/mol. The van der Waals surface area contributed by atoms with Crippen molar-refractivity contribution in [2.45, 2.75) is 45.3 Å². The maximum Gasteiger partial charge on any atom is 0.0900 e. The fraction of sp³-hybridized carbons (Fsp3) is 1.00. The van der Waals surface area contributed by atoms with E-state index >= 15 is 0 Å². The second-order valence-corrected chi connectivity index (χ2v) is 5.47. The number of methoxy groups -OCH3 is 1. The van der Waals surface area contributed by atoms with Gasteiger partial charge in [0.2, 0.25) is 0 Å². The Kier molecular flexibility index (Phi) is 5.73. The molecule has 1 fully saturated rings. The summed E-state index contributed by atoms with van der Waals surface area (Å²) >= 11 is 0. The summed E-state index contributed by atoms with van der Waals surface area (Å²) in [5.74, 6) is 1.66. The highest BCUT2D eigenvalue weighted by atomic mass is 16.5. The Hall–Kier alpha value is -0.120. The molecule has 4 unspecified atom stereocenters. The third-order valence-electron chi connectivity index (χ3n) is 4.05. The second-order valence-electron chi connectivity index (χ2n) is 5.47. The van der Waals surface area contributed by atoms with Crippen LogP contribution in [0.3, 0.4) is 0 Å². The van der Waals surface area contributed by atoms with E-state index in [0.717, 1.165) is 18.4 Å². The smallest absolute Gasteiger partial charge is 0.0900 e. The number of hydrogen-bond donors (Lipinski definition) is 1. The van der Waals surface area contributed by atoms with Crippen molar-refractivity contribution in [3.63, 3.8) is 0 Å². The van der Waals surface area contributed by atoms with Crippen molar-refractivity contribution >= 4 is 0 Å². The van der Waals surface area contributed by atoms with Gasteiger partial charge in [0.25, 0.3) is 0 Å². The summed E-state index contributed by atoms with van der Waals surface area (Å²) in [6.07, 6.45) is 3.49. The van der Waals surface area contributed by atoms with Gasteiger partial charge in [0.1, 0.15) is 0 Å². The number of aliphatic hydroxyl groups is 1. The summed E-state index contributed by atoms with van der Waals surface area (Å²) in [5.41, 5.74) is 0. The largest absolute Gasteiger partial charge is 0.389 e. The Bertz CT molecular complexity index is 198. The van der Waals surface area contributed by atoms with Gasteiger partial charge in [0, 0.05) is 19.7 Å². The molecule has 1 aliphatic rings. The van der Waals surface area contributed by atoms with Gasteiger partial charge < -0.3 is 14.7 Å². The van der Waals surface area contributed by atoms with Crippen LogP contribution in [0, 0.1) is 11.8 Å². The van der Waals surface area contributed by atoms with E-state index in [9.17, 15) is 5.11 Å². The van der Waals surface area contributed by atoms with Crippen LogP contribution in [0.5, 0.6) is 0 Å². The van der Waals surface area contributed by atoms with Crippen molar-refractivity contribution in [1.82, 2.24) is 4.90 Å². The highest BCUT2D eigenvalue weighted by Gasteiger charge is 2.27. The molecule has 0 radical (unpaired) electrons. The van der Waals surface area contributed by atoms with Crippen LogP contribution in [0.1, 0.15) is 33.1 Å². The van der Waals surface area contributed by atoms with E-state index in [1.54, 1.807) is 7.11 Å². The van der Waals surface area contributed by atoms with E-state index in [4.69, 9.17) is 4.74 Å². The van der Waals surface area contributed by atoms with Gasteiger partial charge in [-0.1, -0.05) is 13.8 Å². The lowest BCUT2D eigenvalue weighted by atomic mass is 9.78. The standard InChI is InChI=1S/C13H27NO2/c1-10-5-6-12(7-11(10)2)14(3)8-13(15)9-16-4/h10-13,15H,5-9H2,1-4H3. The number of rotatable bonds is 5. The first kappa shape index (κ1) is 13.9. The van der Waals surface area contributed by atoms with Crippen molar-refractivity contribution in [1.29, 1.82) is 0 Å². The third-order valence-corrected chi connectivity index (χ3v) is 4.05. The molecule has 0 aromatic carbocycles. The summed E-state index contributed by atoms with van der Waals surface area (Å²) < 4.78 is 4.95. The topological polar surface area (TPSA) is 32.7 Å². The molecule has 16 heavy (non-hydrogen) atoms. The lowest BCUT2D eigenvalue weighted by Gasteiger charge is -2.38. The monoisotopic (exact) mass is 229 g/mol. The van der Waals surface area contributed by atoms with Crippen molar-refractivity contribution in [2.24, 2.45) is 11.8 Å². The fourth-order valence-corrected chi connectivity index (χ4v) is 2.65. The van der Waals surface area contributed by atoms with Gasteiger partial charge in [-0.05, 0) is 38.1 Å². The minimum absolute atomic E-state index is 0.357. The van der Waals surface area contributed by atoms with E-state index in [2.05, 4.69) is 25.8 Å². The zero-order valence-corrected chi connectivity index (χ0v) is 11.1. The normalized spacial score (nSPS) is 33.0. The third kappa shape index (κ3) is 4.04. The predicted octanol–water partition coefficient (Wildman–Crippen LogP) is 1.75. The first-order chi connectivity index (χ1) is 7.54. The summed E-state index contributed by atoms with van der Waals surface area (Å²) in [6, 6.07) is 0.637. The number of aliphatic hydroxyl groups excluding tert-OH is 1. The molecule has 1 aliphatic carbocycles. The van der Waals surface area contributed by atoms with Crippen LogP contribution >= 0.6 is 0 Å². The zero-order valence-electron chi connectivity index (χ0n) is 11.1. The van der Waals surface area contributed by atoms with Crippen LogP contribution in [0.2, 0.25) is 0 Å². The Balaban J connectivity index is 2.33. The van der Waals surface area contributed by atoms with Gasteiger partial charge in [0.05, 0.1) is 12.7 Å². The first-order valence-electron chi connectivity index (χ1n) is 6.41. The highest BCUT2D eigenvalue weighted by Crippen LogP contribution is 2.31. The molecular formula is C13H27NO2. The Morgan fingerprint density at radius 3 is 2.56 bits per heavy atom. The molecule has 4 atom stereocenters. The van der Waals surface area contributed by atoms with Crippen LogP contribution in [-0.2, 0) is 4.74 Å². The fourth-order valence-electron chi connectivity index (χ4n) is 2.65. The van der Waals surface area contributed by atoms with Crippen LogP contribution in [0.15, 0.2) is 0 Å². The average molecular weight is 229 g/mol. The summed E-state index contributed by atoms with van der Waals surface area (Å²) in [5, 5.41) is 9.70. The van der Waals surface area contributed by atoms with Crippen molar-refractivity contribution in [2.75, 3.05) is 27.3 Å². The van der Waals surface area contributed by atoms with Crippen LogP contribution in [-0.4, -0.2) is 49.5 Å². The molecule has 3 heteroatoms. The van der Waals surface area contributed by atoms with Gasteiger partial charge in [-0.2, -0.15) is 0 Å². The van der Waals surface area contributed by atoms with Crippen LogP contribution < -0.4 is 0 Å². The van der Waals surface area contributed by atoms with E-state index in [0.29, 0.717) is 12.6 Å². The van der Waals surface area contributed by atoms with E-state index < -0.39 is 0 Å². The minimum Gasteiger partial charge on any atom is -0.389 e. The van der Waals surface area contributed by atoms with E-state index in [1.165, 1.54) is 19.3 Å². The molecule has 0 bridgehead atoms. The van der Waals surface area contributed by atoms with Gasteiger partial charge in [0.15, 0.2) is 0 Å². The van der Waals surface area contributed by atoms with Gasteiger partial charge in [-0.3, -0.25) is 0 Å². The van der Waals surface area contributed by atoms with Crippen molar-refractivity contribution in [3.8, 4) is 0 Å². The van der Waals surface area contributed by atoms with E-state index in [-0.39, 0.29) is 6.10 Å². The maximum absolute atomic E-state index is 9.70. The number of likely N-dealkylation sites (N-methyl/N-ethyl adjacent to an activating group) is 1. The first-order valence-corrected chi connectivity index (χ1v) is 6.41. The molecule has 0 saturated heterocycles. The van der Waals surface area contributed by atoms with Gasteiger partial charge in [-0.15, -0.1) is 0 Å². The predicted molar refractivity (Wildman–Crippen MR) is 66.5 cm³/mol. The molecule has 1 N–H and O–H groups in total. The Morgan fingerprint density at radius 1 is 1.31 bits per heavy atom. The van der Waals surface area contributed by atoms with Crippen LogP contribution in [0.25, 0.3) is 0 Å². The summed E-state index contributed by atoms with van der Waals surface area (Å²) in [4.78, 5) is 2.30. The van der Waals surface area contributed by atoms with Crippen molar-refractivity contribution in [3.05, 3.63) is 0 Å². The number of nitrogens with zero attached hydrogens (tertiary/aromatic N) is 1. The Labute approximate surface area is 99.8 Å². The van der Waals surface area contributed by atoms with Gasteiger partial charge >= 0.3 is 0 Å². The molecule has 0 spiro atoms. The highest BCUT2D eigenvalue weighted by molar-refractivity contribution is 4.81. The van der Waals surface area contributed by atoms with E-state index in [1.807, 2.05) is 0 Å². The molecule has 0 amide bonds. The molecule has 0 aromatic rings. The molecule has 1 saturated carbocycles. The van der Waals surface area contributed by atoms with Crippen LogP contribution in [0.4, 0.5) is 0 Å². The number of hydrogen-bond acceptors (Lipinski definition) is 3. The quantitative estimate of drug-likeness (QED) is 0.779. The molecule has 1 rings (SSSR count). The lowest BCUT2D eigenvalue weighted by Crippen LogP contribution is -2.42.